The summed E-state index contributed by atoms with van der Waals surface area (Å²) in [6, 6.07) is 0. The molecule has 1 heterocycles. The van der Waals surface area contributed by atoms with Crippen molar-refractivity contribution in [3.8, 4) is 0 Å². The largest absolute Gasteiger partial charge is 0.396 e. The van der Waals surface area contributed by atoms with E-state index in [-0.39, 0.29) is 0 Å². The molecule has 0 aromatic heterocycles. The van der Waals surface area contributed by atoms with Crippen LogP contribution in [0.2, 0.25) is 0 Å². The summed E-state index contributed by atoms with van der Waals surface area (Å²) in [7, 11) is 0. The highest BCUT2D eigenvalue weighted by molar-refractivity contribution is 6.17. The highest BCUT2D eigenvalue weighted by atomic mass is 35.5. The third kappa shape index (κ3) is 4.16. The molecule has 0 amide bonds. The van der Waals surface area contributed by atoms with Crippen molar-refractivity contribution >= 4 is 11.6 Å². The number of aliphatic hydroxyl groups is 1. The smallest absolute Gasteiger partial charge is 0.0471 e. The number of nitrogens with zero attached hydrogens (tertiary/aromatic N) is 1. The first kappa shape index (κ1) is 12.3. The molecular formula is C11H22ClNO. The number of hydrogen-bond acceptors (Lipinski definition) is 2. The van der Waals surface area contributed by atoms with Crippen molar-refractivity contribution in [2.45, 2.75) is 26.2 Å². The summed E-state index contributed by atoms with van der Waals surface area (Å²) >= 11 is 5.69. The van der Waals surface area contributed by atoms with E-state index < -0.39 is 0 Å². The first-order valence-corrected chi connectivity index (χ1v) is 6.19. The van der Waals surface area contributed by atoms with Gasteiger partial charge in [0.2, 0.25) is 0 Å². The van der Waals surface area contributed by atoms with Gasteiger partial charge in [0, 0.05) is 19.0 Å². The zero-order valence-electron chi connectivity index (χ0n) is 9.08. The zero-order valence-corrected chi connectivity index (χ0v) is 9.84. The van der Waals surface area contributed by atoms with Gasteiger partial charge < -0.3 is 10.0 Å². The van der Waals surface area contributed by atoms with Crippen LogP contribution < -0.4 is 0 Å². The Kier molecular flexibility index (Phi) is 5.83. The molecule has 2 unspecified atom stereocenters. The minimum Gasteiger partial charge on any atom is -0.396 e. The zero-order chi connectivity index (χ0) is 10.4. The molecule has 3 heteroatoms. The van der Waals surface area contributed by atoms with Crippen LogP contribution in [-0.2, 0) is 0 Å². The van der Waals surface area contributed by atoms with Gasteiger partial charge in [-0.3, -0.25) is 0 Å². The van der Waals surface area contributed by atoms with Crippen molar-refractivity contribution in [3.63, 3.8) is 0 Å². The lowest BCUT2D eigenvalue weighted by atomic mass is 10.1. The van der Waals surface area contributed by atoms with E-state index in [1.165, 1.54) is 25.9 Å². The van der Waals surface area contributed by atoms with E-state index in [9.17, 15) is 0 Å². The molecule has 0 aromatic carbocycles. The Labute approximate surface area is 92.2 Å². The quantitative estimate of drug-likeness (QED) is 0.691. The van der Waals surface area contributed by atoms with Crippen LogP contribution in [0.15, 0.2) is 0 Å². The lowest BCUT2D eigenvalue weighted by molar-refractivity contribution is 0.218. The Bertz CT molecular complexity index is 154. The van der Waals surface area contributed by atoms with Crippen LogP contribution >= 0.6 is 11.6 Å². The van der Waals surface area contributed by atoms with Crippen LogP contribution in [0, 0.1) is 11.8 Å². The lowest BCUT2D eigenvalue weighted by Gasteiger charge is -2.18. The Morgan fingerprint density at radius 1 is 1.50 bits per heavy atom. The molecule has 0 saturated carbocycles. The van der Waals surface area contributed by atoms with Crippen LogP contribution in [0.5, 0.6) is 0 Å². The Balaban J connectivity index is 2.07. The molecule has 2 nitrogen and oxygen atoms in total. The van der Waals surface area contributed by atoms with Crippen molar-refractivity contribution in [2.75, 3.05) is 32.1 Å². The van der Waals surface area contributed by atoms with Crippen LogP contribution in [0.1, 0.15) is 26.2 Å². The predicted octanol–water partition coefficient (Wildman–Crippen LogP) is 1.96. The Morgan fingerprint density at radius 3 is 2.86 bits per heavy atom. The van der Waals surface area contributed by atoms with E-state index >= 15 is 0 Å². The van der Waals surface area contributed by atoms with Crippen molar-refractivity contribution in [1.82, 2.24) is 4.90 Å². The Morgan fingerprint density at radius 2 is 2.29 bits per heavy atom. The van der Waals surface area contributed by atoms with Crippen molar-refractivity contribution in [1.29, 1.82) is 0 Å². The fourth-order valence-electron chi connectivity index (χ4n) is 2.00. The fraction of sp³-hybridized carbons (Fsp3) is 1.00. The molecule has 1 N–H and O–H groups in total. The SMILES string of the molecule is CC(CCCl)CCN1CCC(CO)C1. The molecule has 1 saturated heterocycles. The van der Waals surface area contributed by atoms with Gasteiger partial charge in [-0.1, -0.05) is 6.92 Å². The minimum absolute atomic E-state index is 0.355. The standard InChI is InChI=1S/C11H22ClNO/c1-10(2-5-12)3-6-13-7-4-11(8-13)9-14/h10-11,14H,2-9H2,1H3. The van der Waals surface area contributed by atoms with E-state index in [2.05, 4.69) is 11.8 Å². The molecule has 1 aliphatic rings. The summed E-state index contributed by atoms with van der Waals surface area (Å²) in [5, 5.41) is 9.00. The second-order valence-corrected chi connectivity index (χ2v) is 4.89. The molecule has 1 rings (SSSR count). The lowest BCUT2D eigenvalue weighted by Crippen LogP contribution is -2.24. The van der Waals surface area contributed by atoms with E-state index in [1.807, 2.05) is 0 Å². The summed E-state index contributed by atoms with van der Waals surface area (Å²) in [6.45, 7) is 6.05. The molecule has 0 aliphatic carbocycles. The second-order valence-electron chi connectivity index (χ2n) is 4.51. The van der Waals surface area contributed by atoms with Gasteiger partial charge in [-0.05, 0) is 44.2 Å². The van der Waals surface area contributed by atoms with E-state index in [4.69, 9.17) is 16.7 Å². The molecule has 84 valence electrons. The normalized spacial score (nSPS) is 25.5. The van der Waals surface area contributed by atoms with Gasteiger partial charge in [0.05, 0.1) is 0 Å². The van der Waals surface area contributed by atoms with E-state index in [0.29, 0.717) is 12.5 Å². The number of alkyl halides is 1. The van der Waals surface area contributed by atoms with Gasteiger partial charge in [-0.15, -0.1) is 11.6 Å². The fourth-order valence-corrected chi connectivity index (χ4v) is 2.37. The first-order valence-electron chi connectivity index (χ1n) is 5.65. The number of halogens is 1. The van der Waals surface area contributed by atoms with Gasteiger partial charge in [0.15, 0.2) is 0 Å². The molecule has 0 aromatic rings. The highest BCUT2D eigenvalue weighted by Gasteiger charge is 2.21. The average molecular weight is 220 g/mol. The maximum absolute atomic E-state index is 9.00. The topological polar surface area (TPSA) is 23.5 Å². The van der Waals surface area contributed by atoms with E-state index in [1.54, 1.807) is 0 Å². The second kappa shape index (κ2) is 6.65. The molecule has 14 heavy (non-hydrogen) atoms. The molecule has 2 atom stereocenters. The van der Waals surface area contributed by atoms with Gasteiger partial charge >= 0.3 is 0 Å². The monoisotopic (exact) mass is 219 g/mol. The van der Waals surface area contributed by atoms with E-state index in [0.717, 1.165) is 24.8 Å². The van der Waals surface area contributed by atoms with Crippen molar-refractivity contribution in [2.24, 2.45) is 11.8 Å². The third-order valence-corrected chi connectivity index (χ3v) is 3.39. The third-order valence-electron chi connectivity index (χ3n) is 3.17. The number of rotatable bonds is 6. The van der Waals surface area contributed by atoms with Crippen LogP contribution in [0.25, 0.3) is 0 Å². The average Bonchev–Trinajstić information content (AvgIpc) is 2.63. The summed E-state index contributed by atoms with van der Waals surface area (Å²) in [5.74, 6) is 2.04. The molecule has 1 fully saturated rings. The highest BCUT2D eigenvalue weighted by Crippen LogP contribution is 2.17. The predicted molar refractivity (Wildman–Crippen MR) is 60.8 cm³/mol. The number of aliphatic hydroxyl groups excluding tert-OH is 1. The van der Waals surface area contributed by atoms with Crippen molar-refractivity contribution in [3.05, 3.63) is 0 Å². The molecule has 0 spiro atoms. The minimum atomic E-state index is 0.355. The molecule has 0 bridgehead atoms. The van der Waals surface area contributed by atoms with Gasteiger partial charge in [0.25, 0.3) is 0 Å². The summed E-state index contributed by atoms with van der Waals surface area (Å²) in [5.41, 5.74) is 0. The summed E-state index contributed by atoms with van der Waals surface area (Å²) < 4.78 is 0. The Hall–Kier alpha value is 0.210. The maximum atomic E-state index is 9.00. The molecular weight excluding hydrogens is 198 g/mol. The van der Waals surface area contributed by atoms with Gasteiger partial charge in [-0.2, -0.15) is 0 Å². The van der Waals surface area contributed by atoms with Gasteiger partial charge in [-0.25, -0.2) is 0 Å². The molecule has 1 aliphatic heterocycles. The molecule has 0 radical (unpaired) electrons. The van der Waals surface area contributed by atoms with Gasteiger partial charge in [0.1, 0.15) is 0 Å². The van der Waals surface area contributed by atoms with Crippen LogP contribution in [-0.4, -0.2) is 42.1 Å². The van der Waals surface area contributed by atoms with Crippen LogP contribution in [0.4, 0.5) is 0 Å². The summed E-state index contributed by atoms with van der Waals surface area (Å²) in [4.78, 5) is 2.46. The maximum Gasteiger partial charge on any atom is 0.0471 e. The number of hydrogen-bond donors (Lipinski definition) is 1. The first-order chi connectivity index (χ1) is 6.76. The van der Waals surface area contributed by atoms with Crippen LogP contribution in [0.3, 0.4) is 0 Å². The summed E-state index contributed by atoms with van der Waals surface area (Å²) in [6.07, 6.45) is 3.53. The number of likely N-dealkylation sites (tertiary alicyclic amines) is 1. The van der Waals surface area contributed by atoms with Crippen molar-refractivity contribution < 1.29 is 5.11 Å².